The quantitative estimate of drug-likeness (QED) is 0.00552. The number of alkyl carbamates (subject to hydrolysis) is 1. The van der Waals surface area contributed by atoms with E-state index in [0.29, 0.717) is 72.1 Å². The van der Waals surface area contributed by atoms with Gasteiger partial charge >= 0.3 is 22.5 Å². The largest absolute Gasteiger partial charge is 0.489 e. The number of β-lactam (4-membered cyclic amide) rings is 1. The van der Waals surface area contributed by atoms with Gasteiger partial charge in [0, 0.05) is 31.6 Å². The minimum atomic E-state index is -5.14. The number of hydrogen-bond acceptors (Lipinski definition) is 16. The lowest BCUT2D eigenvalue weighted by molar-refractivity contribution is -0.218. The summed E-state index contributed by atoms with van der Waals surface area (Å²) in [5.74, 6) is -2.22. The standard InChI is InChI=1S/C63H67N9O12S2/c1-61(2,3)82-60(76)66-36-22-21-35-65-58(64)71-38-44-33-34-49(37-45(44)39-71)80-40-51(57(75)81-53(42-23-11-6-12-24-42)43-25-13-7-14-26-43)83-70-52(55(73)68-54-56(74)72(62(54,4)5)84-86(77,78)79)50-41-85-59(67-50)69-63(46-27-15-8-16-28-46,47-29-17-9-18-30-47)48-31-19-10-20-32-48/h6-20,23-34,37,41,51,53-54H,21-22,35-36,38-40H2,1-5H3,(H2,64,65)(H,66,76)(H,67,69)(H,68,73)(H,77,78,79)/b70-52-/t51-,54+/m0/s1. The number of fused-ring (bicyclic) bond motifs is 1. The van der Waals surface area contributed by atoms with Crippen LogP contribution in [0.1, 0.15) is 98.2 Å². The first-order valence-corrected chi connectivity index (χ1v) is 30.0. The average molecular weight is 1210 g/mol. The van der Waals surface area contributed by atoms with Gasteiger partial charge < -0.3 is 45.6 Å². The van der Waals surface area contributed by atoms with Crippen LogP contribution in [0, 0.1) is 0 Å². The monoisotopic (exact) mass is 1210 g/mol. The molecule has 0 saturated carbocycles. The molecule has 21 nitrogen and oxygen atoms in total. The van der Waals surface area contributed by atoms with Crippen LogP contribution in [0.5, 0.6) is 5.75 Å². The summed E-state index contributed by atoms with van der Waals surface area (Å²) in [6, 6.07) is 51.6. The van der Waals surface area contributed by atoms with E-state index < -0.39 is 81.5 Å². The van der Waals surface area contributed by atoms with Crippen molar-refractivity contribution in [1.29, 1.82) is 0 Å². The van der Waals surface area contributed by atoms with Gasteiger partial charge in [0.15, 0.2) is 22.9 Å². The van der Waals surface area contributed by atoms with Crippen molar-refractivity contribution in [1.82, 2.24) is 25.6 Å². The molecule has 6 N–H and O–H groups in total. The molecular weight excluding hydrogens is 1140 g/mol. The van der Waals surface area contributed by atoms with Crippen LogP contribution in [-0.2, 0) is 62.0 Å². The van der Waals surface area contributed by atoms with Crippen molar-refractivity contribution in [2.45, 2.75) is 95.5 Å². The number of benzene rings is 6. The van der Waals surface area contributed by atoms with Crippen molar-refractivity contribution in [3.63, 3.8) is 0 Å². The van der Waals surface area contributed by atoms with Gasteiger partial charge in [-0.2, -0.15) is 13.5 Å². The number of amides is 3. The highest BCUT2D eigenvalue weighted by Crippen LogP contribution is 2.41. The number of aliphatic imine (C=N–C) groups is 1. The van der Waals surface area contributed by atoms with Gasteiger partial charge in [0.05, 0.1) is 5.54 Å². The molecule has 448 valence electrons. The highest BCUT2D eigenvalue weighted by molar-refractivity contribution is 7.80. The maximum atomic E-state index is 14.8. The summed E-state index contributed by atoms with van der Waals surface area (Å²) in [5.41, 5.74) is 8.54. The summed E-state index contributed by atoms with van der Waals surface area (Å²) >= 11 is 1.14. The Bertz CT molecular complexity index is 3530. The molecule has 23 heteroatoms. The minimum Gasteiger partial charge on any atom is -0.489 e. The second-order valence-corrected chi connectivity index (χ2v) is 23.7. The van der Waals surface area contributed by atoms with E-state index in [-0.39, 0.29) is 5.69 Å². The topological polar surface area (TPSA) is 275 Å². The number of nitrogens with one attached hydrogen (secondary N) is 3. The Hall–Kier alpha value is -9.16. The number of ether oxygens (including phenoxy) is 3. The van der Waals surface area contributed by atoms with E-state index in [0.717, 1.165) is 39.2 Å². The molecule has 3 heterocycles. The Labute approximate surface area is 503 Å². The number of aromatic nitrogens is 1. The van der Waals surface area contributed by atoms with Gasteiger partial charge in [0.25, 0.3) is 17.9 Å². The molecule has 9 rings (SSSR count). The van der Waals surface area contributed by atoms with Crippen LogP contribution in [0.15, 0.2) is 185 Å². The molecule has 2 atom stereocenters. The van der Waals surface area contributed by atoms with Crippen LogP contribution < -0.4 is 26.4 Å². The number of nitrogens with zero attached hydrogens (tertiary/aromatic N) is 5. The summed E-state index contributed by atoms with van der Waals surface area (Å²) in [7, 11) is -5.14. The summed E-state index contributed by atoms with van der Waals surface area (Å²) in [5, 5.41) is 15.7. The van der Waals surface area contributed by atoms with Crippen LogP contribution in [0.4, 0.5) is 9.93 Å². The van der Waals surface area contributed by atoms with Crippen LogP contribution in [0.3, 0.4) is 0 Å². The second-order valence-electron chi connectivity index (χ2n) is 21.9. The average Bonchev–Trinajstić information content (AvgIpc) is 0.924. The lowest BCUT2D eigenvalue weighted by Gasteiger charge is -2.50. The smallest absolute Gasteiger partial charge is 0.418 e. The predicted octanol–water partition coefficient (Wildman–Crippen LogP) is 8.82. The van der Waals surface area contributed by atoms with E-state index in [2.05, 4.69) is 30.4 Å². The van der Waals surface area contributed by atoms with Crippen molar-refractivity contribution in [2.24, 2.45) is 15.9 Å². The predicted molar refractivity (Wildman–Crippen MR) is 324 cm³/mol. The third-order valence-electron chi connectivity index (χ3n) is 14.1. The highest BCUT2D eigenvalue weighted by Gasteiger charge is 2.58. The van der Waals surface area contributed by atoms with Gasteiger partial charge in [-0.1, -0.05) is 163 Å². The second kappa shape index (κ2) is 26.8. The van der Waals surface area contributed by atoms with Gasteiger partial charge in [-0.3, -0.25) is 19.1 Å². The molecule has 1 saturated heterocycles. The summed E-state index contributed by atoms with van der Waals surface area (Å²) in [6.45, 7) is 9.52. The van der Waals surface area contributed by atoms with Crippen LogP contribution in [-0.4, -0.2) is 106 Å². The molecule has 0 aliphatic carbocycles. The normalized spacial score (nSPS) is 15.5. The minimum absolute atomic E-state index is 0.0469. The number of unbranched alkanes of at least 4 members (excludes halogenated alkanes) is 1. The van der Waals surface area contributed by atoms with E-state index in [1.54, 1.807) is 32.2 Å². The fourth-order valence-corrected chi connectivity index (χ4v) is 11.1. The molecule has 0 spiro atoms. The lowest BCUT2D eigenvalue weighted by atomic mass is 9.77. The number of hydroxylamine groups is 2. The SMILES string of the molecule is CC(C)(C)OC(=O)NCCCCN=C(N)N1Cc2ccc(OC[C@H](O/N=C(\C(=O)N[C@@H]3C(=O)N(OS(=O)(=O)O)C3(C)C)c3csc(NC(c4ccccc4)(c4ccccc4)c4ccccc4)n3)C(=O)OC(c3ccccc3)c3ccccc3)cc2C1. The van der Waals surface area contributed by atoms with Gasteiger partial charge in [-0.15, -0.1) is 15.6 Å². The molecule has 3 amide bonds. The summed E-state index contributed by atoms with van der Waals surface area (Å²) in [4.78, 5) is 72.8. The van der Waals surface area contributed by atoms with E-state index in [4.69, 9.17) is 29.8 Å². The van der Waals surface area contributed by atoms with E-state index in [1.165, 1.54) is 13.8 Å². The zero-order chi connectivity index (χ0) is 61.1. The number of anilines is 1. The first-order chi connectivity index (χ1) is 41.2. The van der Waals surface area contributed by atoms with E-state index in [1.807, 2.05) is 169 Å². The van der Waals surface area contributed by atoms with Crippen LogP contribution >= 0.6 is 11.3 Å². The Balaban J connectivity index is 1.02. The molecule has 6 aromatic carbocycles. The summed E-state index contributed by atoms with van der Waals surface area (Å²) in [6.07, 6.45) is -1.72. The number of hydrogen-bond donors (Lipinski definition) is 5. The Kier molecular flexibility index (Phi) is 19.2. The van der Waals surface area contributed by atoms with Crippen molar-refractivity contribution in [3.05, 3.63) is 220 Å². The number of nitrogens with two attached hydrogens (primary N) is 1. The molecule has 2 aliphatic rings. The van der Waals surface area contributed by atoms with Crippen molar-refractivity contribution < 1.29 is 55.5 Å². The molecule has 1 fully saturated rings. The number of esters is 1. The third-order valence-corrected chi connectivity index (χ3v) is 15.2. The van der Waals surface area contributed by atoms with Crippen molar-refractivity contribution in [2.75, 3.05) is 25.0 Å². The van der Waals surface area contributed by atoms with Gasteiger partial charge in [0.2, 0.25) is 0 Å². The fourth-order valence-electron chi connectivity index (χ4n) is 9.87. The zero-order valence-corrected chi connectivity index (χ0v) is 49.6. The van der Waals surface area contributed by atoms with Gasteiger partial charge in [-0.05, 0) is 98.5 Å². The van der Waals surface area contributed by atoms with Crippen molar-refractivity contribution in [3.8, 4) is 5.75 Å². The number of oxime groups is 1. The van der Waals surface area contributed by atoms with Crippen LogP contribution in [0.2, 0.25) is 0 Å². The molecule has 0 bridgehead atoms. The molecule has 0 radical (unpaired) electrons. The fraction of sp³-hybridized carbons (Fsp3) is 0.286. The molecule has 1 aromatic heterocycles. The number of carbonyl (C=O) groups excluding carboxylic acids is 4. The van der Waals surface area contributed by atoms with Gasteiger partial charge in [-0.25, -0.2) is 14.6 Å². The maximum absolute atomic E-state index is 14.8. The third kappa shape index (κ3) is 15.0. The molecular formula is C63H67N9O12S2. The van der Waals surface area contributed by atoms with Crippen LogP contribution in [0.25, 0.3) is 0 Å². The Morgan fingerprint density at radius 2 is 1.36 bits per heavy atom. The number of rotatable bonds is 24. The summed E-state index contributed by atoms with van der Waals surface area (Å²) < 4.78 is 55.5. The van der Waals surface area contributed by atoms with Gasteiger partial charge in [0.1, 0.15) is 35.2 Å². The molecule has 7 aromatic rings. The zero-order valence-electron chi connectivity index (χ0n) is 48.0. The van der Waals surface area contributed by atoms with E-state index >= 15 is 0 Å². The lowest BCUT2D eigenvalue weighted by Crippen LogP contribution is -2.76. The molecule has 0 unspecified atom stereocenters. The van der Waals surface area contributed by atoms with E-state index in [9.17, 15) is 32.1 Å². The number of thiazole rings is 1. The Morgan fingerprint density at radius 3 is 1.91 bits per heavy atom. The molecule has 86 heavy (non-hydrogen) atoms. The Morgan fingerprint density at radius 1 is 0.802 bits per heavy atom. The first-order valence-electron chi connectivity index (χ1n) is 27.7. The first kappa shape index (κ1) is 61.4. The maximum Gasteiger partial charge on any atom is 0.418 e. The number of carbonyl (C=O) groups is 4. The number of guanidine groups is 1. The molecule has 2 aliphatic heterocycles. The van der Waals surface area contributed by atoms with Crippen molar-refractivity contribution >= 4 is 62.4 Å². The highest BCUT2D eigenvalue weighted by atomic mass is 32.3.